The van der Waals surface area contributed by atoms with Crippen LogP contribution in [0.4, 0.5) is 10.1 Å². The summed E-state index contributed by atoms with van der Waals surface area (Å²) >= 11 is 0. The monoisotopic (exact) mass is 296 g/mol. The maximum atomic E-state index is 13.5. The van der Waals surface area contributed by atoms with Crippen molar-refractivity contribution in [3.05, 3.63) is 65.6 Å². The highest BCUT2D eigenvalue weighted by molar-refractivity contribution is 6.06. The van der Waals surface area contributed by atoms with Crippen molar-refractivity contribution in [2.75, 3.05) is 5.32 Å². The van der Waals surface area contributed by atoms with Crippen LogP contribution in [-0.4, -0.2) is 21.3 Å². The summed E-state index contributed by atoms with van der Waals surface area (Å²) in [5, 5.41) is 13.0. The van der Waals surface area contributed by atoms with Gasteiger partial charge in [0.25, 0.3) is 5.91 Å². The summed E-state index contributed by atoms with van der Waals surface area (Å²) in [4.78, 5) is 12.4. The SMILES string of the molecule is Cc1c(F)cccc1NC(=O)c1n[nH]nc1-c1ccccc1. The van der Waals surface area contributed by atoms with Crippen molar-refractivity contribution < 1.29 is 9.18 Å². The van der Waals surface area contributed by atoms with Crippen LogP contribution in [0.15, 0.2) is 48.5 Å². The predicted octanol–water partition coefficient (Wildman–Crippen LogP) is 3.17. The number of amides is 1. The van der Waals surface area contributed by atoms with Crippen LogP contribution in [0.3, 0.4) is 0 Å². The first-order valence-electron chi connectivity index (χ1n) is 6.69. The zero-order valence-electron chi connectivity index (χ0n) is 11.8. The Bertz CT molecular complexity index is 814. The number of anilines is 1. The second kappa shape index (κ2) is 5.77. The first kappa shape index (κ1) is 13.9. The molecule has 0 aliphatic rings. The maximum Gasteiger partial charge on any atom is 0.278 e. The van der Waals surface area contributed by atoms with Gasteiger partial charge in [-0.05, 0) is 19.1 Å². The molecule has 3 rings (SSSR count). The molecule has 5 nitrogen and oxygen atoms in total. The van der Waals surface area contributed by atoms with E-state index >= 15 is 0 Å². The quantitative estimate of drug-likeness (QED) is 0.780. The van der Waals surface area contributed by atoms with Crippen LogP contribution in [0.1, 0.15) is 16.1 Å². The molecule has 0 fully saturated rings. The molecule has 0 aliphatic heterocycles. The molecule has 0 saturated carbocycles. The number of aromatic nitrogens is 3. The van der Waals surface area contributed by atoms with Crippen LogP contribution in [-0.2, 0) is 0 Å². The van der Waals surface area contributed by atoms with Crippen LogP contribution in [0.25, 0.3) is 11.3 Å². The molecular weight excluding hydrogens is 283 g/mol. The van der Waals surface area contributed by atoms with Crippen molar-refractivity contribution in [2.45, 2.75) is 6.92 Å². The van der Waals surface area contributed by atoms with Crippen molar-refractivity contribution in [1.82, 2.24) is 15.4 Å². The Labute approximate surface area is 126 Å². The lowest BCUT2D eigenvalue weighted by atomic mass is 10.1. The number of nitrogens with one attached hydrogen (secondary N) is 2. The van der Waals surface area contributed by atoms with E-state index in [1.165, 1.54) is 6.07 Å². The summed E-state index contributed by atoms with van der Waals surface area (Å²) in [5.74, 6) is -0.817. The van der Waals surface area contributed by atoms with Gasteiger partial charge in [-0.1, -0.05) is 36.4 Å². The normalized spacial score (nSPS) is 10.5. The summed E-state index contributed by atoms with van der Waals surface area (Å²) in [6.07, 6.45) is 0. The van der Waals surface area contributed by atoms with Gasteiger partial charge in [0, 0.05) is 16.8 Å². The summed E-state index contributed by atoms with van der Waals surface area (Å²) in [5.41, 5.74) is 2.17. The molecule has 0 atom stereocenters. The molecular formula is C16H13FN4O. The third-order valence-corrected chi connectivity index (χ3v) is 3.33. The van der Waals surface area contributed by atoms with Crippen molar-refractivity contribution in [1.29, 1.82) is 0 Å². The highest BCUT2D eigenvalue weighted by Gasteiger charge is 2.18. The van der Waals surface area contributed by atoms with Gasteiger partial charge in [0.2, 0.25) is 0 Å². The van der Waals surface area contributed by atoms with E-state index in [1.807, 2.05) is 30.3 Å². The molecule has 1 amide bonds. The largest absolute Gasteiger partial charge is 0.320 e. The van der Waals surface area contributed by atoms with Crippen LogP contribution in [0, 0.1) is 12.7 Å². The van der Waals surface area contributed by atoms with E-state index in [-0.39, 0.29) is 11.5 Å². The molecule has 1 heterocycles. The number of rotatable bonds is 3. The Morgan fingerprint density at radius 2 is 1.86 bits per heavy atom. The third kappa shape index (κ3) is 2.58. The molecule has 110 valence electrons. The predicted molar refractivity (Wildman–Crippen MR) is 80.9 cm³/mol. The van der Waals surface area contributed by atoms with Crippen molar-refractivity contribution >= 4 is 11.6 Å². The Balaban J connectivity index is 1.91. The second-order valence-corrected chi connectivity index (χ2v) is 4.75. The summed E-state index contributed by atoms with van der Waals surface area (Å²) in [6, 6.07) is 13.8. The lowest BCUT2D eigenvalue weighted by molar-refractivity contribution is 0.102. The highest BCUT2D eigenvalue weighted by atomic mass is 19.1. The van der Waals surface area contributed by atoms with E-state index in [0.29, 0.717) is 16.9 Å². The Kier molecular flexibility index (Phi) is 3.65. The molecule has 2 N–H and O–H groups in total. The molecule has 0 aliphatic carbocycles. The van der Waals surface area contributed by atoms with Gasteiger partial charge in [-0.3, -0.25) is 4.79 Å². The number of H-pyrrole nitrogens is 1. The van der Waals surface area contributed by atoms with Crippen molar-refractivity contribution in [2.24, 2.45) is 0 Å². The van der Waals surface area contributed by atoms with E-state index in [0.717, 1.165) is 5.56 Å². The minimum atomic E-state index is -0.443. The number of benzene rings is 2. The lowest BCUT2D eigenvalue weighted by Gasteiger charge is -2.08. The third-order valence-electron chi connectivity index (χ3n) is 3.33. The fourth-order valence-corrected chi connectivity index (χ4v) is 2.11. The fraction of sp³-hybridized carbons (Fsp3) is 0.0625. The Morgan fingerprint density at radius 3 is 2.64 bits per heavy atom. The van der Waals surface area contributed by atoms with Gasteiger partial charge in [0.15, 0.2) is 5.69 Å². The average Bonchev–Trinajstić information content (AvgIpc) is 3.02. The first-order valence-corrected chi connectivity index (χ1v) is 6.69. The number of hydrogen-bond acceptors (Lipinski definition) is 3. The minimum Gasteiger partial charge on any atom is -0.320 e. The smallest absolute Gasteiger partial charge is 0.278 e. The summed E-state index contributed by atoms with van der Waals surface area (Å²) in [7, 11) is 0. The zero-order chi connectivity index (χ0) is 15.5. The lowest BCUT2D eigenvalue weighted by Crippen LogP contribution is -2.14. The molecule has 2 aromatic carbocycles. The van der Waals surface area contributed by atoms with Crippen LogP contribution in [0.2, 0.25) is 0 Å². The topological polar surface area (TPSA) is 70.7 Å². The molecule has 6 heteroatoms. The van der Waals surface area contributed by atoms with Crippen molar-refractivity contribution in [3.63, 3.8) is 0 Å². The van der Waals surface area contributed by atoms with Gasteiger partial charge < -0.3 is 5.32 Å². The van der Waals surface area contributed by atoms with Crippen LogP contribution in [0.5, 0.6) is 0 Å². The molecule has 0 bridgehead atoms. The standard InChI is InChI=1S/C16H13FN4O/c1-10-12(17)8-5-9-13(10)18-16(22)15-14(19-21-20-15)11-6-3-2-4-7-11/h2-9H,1H3,(H,18,22)(H,19,20,21). The van der Waals surface area contributed by atoms with Crippen LogP contribution < -0.4 is 5.32 Å². The van der Waals surface area contributed by atoms with Gasteiger partial charge in [0.05, 0.1) is 0 Å². The Hall–Kier alpha value is -3.02. The summed E-state index contributed by atoms with van der Waals surface area (Å²) in [6.45, 7) is 1.60. The number of hydrogen-bond donors (Lipinski definition) is 2. The molecule has 22 heavy (non-hydrogen) atoms. The summed E-state index contributed by atoms with van der Waals surface area (Å²) < 4.78 is 13.5. The molecule has 3 aromatic rings. The van der Waals surface area contributed by atoms with Crippen LogP contribution >= 0.6 is 0 Å². The van der Waals surface area contributed by atoms with E-state index < -0.39 is 5.91 Å². The number of nitrogens with zero attached hydrogens (tertiary/aromatic N) is 2. The number of carbonyl (C=O) groups excluding carboxylic acids is 1. The molecule has 0 unspecified atom stereocenters. The number of halogens is 1. The highest BCUT2D eigenvalue weighted by Crippen LogP contribution is 2.22. The molecule has 0 spiro atoms. The Morgan fingerprint density at radius 1 is 1.09 bits per heavy atom. The van der Waals surface area contributed by atoms with Gasteiger partial charge >= 0.3 is 0 Å². The number of carbonyl (C=O) groups is 1. The van der Waals surface area contributed by atoms with Gasteiger partial charge in [-0.25, -0.2) is 4.39 Å². The molecule has 0 saturated heterocycles. The number of aromatic amines is 1. The first-order chi connectivity index (χ1) is 10.7. The van der Waals surface area contributed by atoms with E-state index in [2.05, 4.69) is 20.7 Å². The van der Waals surface area contributed by atoms with E-state index in [9.17, 15) is 9.18 Å². The molecule has 0 radical (unpaired) electrons. The second-order valence-electron chi connectivity index (χ2n) is 4.75. The average molecular weight is 296 g/mol. The van der Waals surface area contributed by atoms with Gasteiger partial charge in [-0.15, -0.1) is 0 Å². The fourth-order valence-electron chi connectivity index (χ4n) is 2.11. The minimum absolute atomic E-state index is 0.162. The van der Waals surface area contributed by atoms with Gasteiger partial charge in [0.1, 0.15) is 11.5 Å². The zero-order valence-corrected chi connectivity index (χ0v) is 11.8. The maximum absolute atomic E-state index is 13.5. The van der Waals surface area contributed by atoms with Gasteiger partial charge in [-0.2, -0.15) is 15.4 Å². The van der Waals surface area contributed by atoms with Crippen molar-refractivity contribution in [3.8, 4) is 11.3 Å². The van der Waals surface area contributed by atoms with E-state index in [4.69, 9.17) is 0 Å². The molecule has 1 aromatic heterocycles. The van der Waals surface area contributed by atoms with E-state index in [1.54, 1.807) is 19.1 Å².